The second-order valence-corrected chi connectivity index (χ2v) is 8.36. The zero-order chi connectivity index (χ0) is 15.6. The van der Waals surface area contributed by atoms with Crippen LogP contribution >= 0.6 is 27.3 Å². The van der Waals surface area contributed by atoms with E-state index in [1.54, 1.807) is 12.1 Å². The molecular weight excluding hydrogens is 386 g/mol. The van der Waals surface area contributed by atoms with Gasteiger partial charge >= 0.3 is 0 Å². The number of hydrogen-bond donors (Lipinski definition) is 2. The van der Waals surface area contributed by atoms with Gasteiger partial charge in [0.15, 0.2) is 5.82 Å². The molecule has 114 valence electrons. The van der Waals surface area contributed by atoms with E-state index in [1.165, 1.54) is 11.3 Å². The lowest BCUT2D eigenvalue weighted by Gasteiger charge is -2.10. The number of benzene rings is 1. The Labute approximate surface area is 133 Å². The minimum Gasteiger partial charge on any atom is -0.326 e. The third-order valence-electron chi connectivity index (χ3n) is 2.71. The number of rotatable bonds is 5. The molecule has 0 saturated heterocycles. The van der Waals surface area contributed by atoms with Crippen molar-refractivity contribution in [3.8, 4) is 0 Å². The van der Waals surface area contributed by atoms with Crippen molar-refractivity contribution >= 4 is 37.3 Å². The third-order valence-corrected chi connectivity index (χ3v) is 5.75. The van der Waals surface area contributed by atoms with Gasteiger partial charge in [0.1, 0.15) is 10.7 Å². The monoisotopic (exact) mass is 396 g/mol. The first kappa shape index (κ1) is 16.5. The van der Waals surface area contributed by atoms with E-state index in [2.05, 4.69) is 20.7 Å². The summed E-state index contributed by atoms with van der Waals surface area (Å²) in [7, 11) is -4.09. The summed E-state index contributed by atoms with van der Waals surface area (Å²) >= 11 is 4.62. The summed E-state index contributed by atoms with van der Waals surface area (Å²) in [5.41, 5.74) is 4.79. The van der Waals surface area contributed by atoms with Crippen molar-refractivity contribution in [2.24, 2.45) is 5.73 Å². The van der Waals surface area contributed by atoms with Crippen molar-refractivity contribution in [1.82, 2.24) is 4.72 Å². The van der Waals surface area contributed by atoms with Gasteiger partial charge in [-0.05, 0) is 40.2 Å². The molecule has 0 unspecified atom stereocenters. The molecule has 0 saturated carbocycles. The molecule has 0 spiro atoms. The minimum atomic E-state index is -4.09. The van der Waals surface area contributed by atoms with Crippen LogP contribution in [0.4, 0.5) is 8.78 Å². The minimum absolute atomic E-state index is 0.0212. The maximum Gasteiger partial charge on any atom is 0.243 e. The molecule has 0 aliphatic rings. The summed E-state index contributed by atoms with van der Waals surface area (Å²) in [6.07, 6.45) is 0. The fourth-order valence-corrected chi connectivity index (χ4v) is 4.28. The van der Waals surface area contributed by atoms with Gasteiger partial charge in [-0.15, -0.1) is 11.3 Å². The molecule has 0 aliphatic heterocycles. The highest BCUT2D eigenvalue weighted by Gasteiger charge is 2.23. The molecule has 21 heavy (non-hydrogen) atoms. The molecular formula is C12H11BrF2N2O2S2. The fraction of sp³-hybridized carbons (Fsp3) is 0.167. The first-order valence-corrected chi connectivity index (χ1v) is 8.85. The molecule has 0 fully saturated rings. The molecule has 9 heteroatoms. The number of nitrogens with two attached hydrogens (primary N) is 1. The van der Waals surface area contributed by atoms with Gasteiger partial charge in [-0.3, -0.25) is 0 Å². The summed E-state index contributed by atoms with van der Waals surface area (Å²) in [5.74, 6) is -2.02. The Morgan fingerprint density at radius 3 is 2.52 bits per heavy atom. The van der Waals surface area contributed by atoms with Crippen LogP contribution < -0.4 is 10.5 Å². The average molecular weight is 397 g/mol. The first-order valence-electron chi connectivity index (χ1n) is 5.76. The molecule has 2 rings (SSSR count). The van der Waals surface area contributed by atoms with Gasteiger partial charge in [0, 0.05) is 23.5 Å². The lowest BCUT2D eigenvalue weighted by Crippen LogP contribution is -2.24. The zero-order valence-corrected chi connectivity index (χ0v) is 13.8. The highest BCUT2D eigenvalue weighted by atomic mass is 79.9. The summed E-state index contributed by atoms with van der Waals surface area (Å²) < 4.78 is 54.7. The van der Waals surface area contributed by atoms with Crippen molar-refractivity contribution in [3.63, 3.8) is 0 Å². The van der Waals surface area contributed by atoms with Crippen molar-refractivity contribution in [1.29, 1.82) is 0 Å². The van der Waals surface area contributed by atoms with Gasteiger partial charge in [0.05, 0.1) is 3.79 Å². The standard InChI is InChI=1S/C12H11BrF2N2O2S2/c13-11-4-1-7(20-11)6-17-21(18,19)10-3-2-9(14)8(5-16)12(10)15/h1-4,17H,5-6,16H2. The molecule has 0 bridgehead atoms. The van der Waals surface area contributed by atoms with E-state index in [0.29, 0.717) is 0 Å². The summed E-state index contributed by atoms with van der Waals surface area (Å²) in [6.45, 7) is -0.397. The molecule has 0 atom stereocenters. The van der Waals surface area contributed by atoms with Gasteiger partial charge < -0.3 is 5.73 Å². The largest absolute Gasteiger partial charge is 0.326 e. The van der Waals surface area contributed by atoms with Gasteiger partial charge in [0.25, 0.3) is 0 Å². The number of hydrogen-bond acceptors (Lipinski definition) is 4. The quantitative estimate of drug-likeness (QED) is 0.815. The third kappa shape index (κ3) is 3.67. The van der Waals surface area contributed by atoms with Crippen LogP contribution in [0.25, 0.3) is 0 Å². The van der Waals surface area contributed by atoms with Crippen molar-refractivity contribution in [2.75, 3.05) is 0 Å². The van der Waals surface area contributed by atoms with Gasteiger partial charge in [-0.1, -0.05) is 0 Å². The van der Waals surface area contributed by atoms with Crippen LogP contribution in [0, 0.1) is 11.6 Å². The molecule has 0 aliphatic carbocycles. The van der Waals surface area contributed by atoms with Crippen molar-refractivity contribution < 1.29 is 17.2 Å². The van der Waals surface area contributed by atoms with E-state index in [9.17, 15) is 17.2 Å². The van der Waals surface area contributed by atoms with Crippen LogP contribution in [-0.2, 0) is 23.1 Å². The highest BCUT2D eigenvalue weighted by Crippen LogP contribution is 2.24. The number of thiophene rings is 1. The molecule has 0 amide bonds. The van der Waals surface area contributed by atoms with Gasteiger partial charge in [-0.25, -0.2) is 21.9 Å². The fourth-order valence-electron chi connectivity index (χ4n) is 1.66. The van der Waals surface area contributed by atoms with E-state index in [-0.39, 0.29) is 6.54 Å². The maximum atomic E-state index is 14.0. The molecule has 0 radical (unpaired) electrons. The SMILES string of the molecule is NCc1c(F)ccc(S(=O)(=O)NCc2ccc(Br)s2)c1F. The van der Waals surface area contributed by atoms with Crippen molar-refractivity contribution in [2.45, 2.75) is 18.0 Å². The molecule has 1 aromatic heterocycles. The summed E-state index contributed by atoms with van der Waals surface area (Å²) in [5, 5.41) is 0. The van der Waals surface area contributed by atoms with E-state index >= 15 is 0 Å². The number of halogens is 3. The van der Waals surface area contributed by atoms with Crippen molar-refractivity contribution in [3.05, 3.63) is 50.1 Å². The number of nitrogens with one attached hydrogen (secondary N) is 1. The van der Waals surface area contributed by atoms with E-state index in [1.807, 2.05) is 0 Å². The van der Waals surface area contributed by atoms with Crippen LogP contribution in [0.2, 0.25) is 0 Å². The highest BCUT2D eigenvalue weighted by molar-refractivity contribution is 9.11. The van der Waals surface area contributed by atoms with Crippen LogP contribution in [0.15, 0.2) is 32.9 Å². The second-order valence-electron chi connectivity index (χ2n) is 4.07. The average Bonchev–Trinajstić information content (AvgIpc) is 2.83. The summed E-state index contributed by atoms with van der Waals surface area (Å²) in [6, 6.07) is 5.29. The van der Waals surface area contributed by atoms with E-state index in [0.717, 1.165) is 20.8 Å². The van der Waals surface area contributed by atoms with E-state index < -0.39 is 38.7 Å². The van der Waals surface area contributed by atoms with E-state index in [4.69, 9.17) is 5.73 Å². The lowest BCUT2D eigenvalue weighted by molar-refractivity contribution is 0.525. The smallest absolute Gasteiger partial charge is 0.243 e. The Morgan fingerprint density at radius 1 is 1.24 bits per heavy atom. The van der Waals surface area contributed by atoms with Gasteiger partial charge in [-0.2, -0.15) is 0 Å². The molecule has 1 heterocycles. The second kappa shape index (κ2) is 6.49. The topological polar surface area (TPSA) is 72.2 Å². The predicted octanol–water partition coefficient (Wildman–Crippen LogP) is 2.73. The predicted molar refractivity (Wildman–Crippen MR) is 80.3 cm³/mol. The summed E-state index contributed by atoms with van der Waals surface area (Å²) in [4.78, 5) is 0.145. The molecule has 4 nitrogen and oxygen atoms in total. The van der Waals surface area contributed by atoms with Crippen LogP contribution in [0.3, 0.4) is 0 Å². The van der Waals surface area contributed by atoms with Crippen LogP contribution in [0.5, 0.6) is 0 Å². The maximum absolute atomic E-state index is 14.0. The first-order chi connectivity index (χ1) is 9.85. The number of sulfonamides is 1. The van der Waals surface area contributed by atoms with Gasteiger partial charge in [0.2, 0.25) is 10.0 Å². The Morgan fingerprint density at radius 2 is 1.95 bits per heavy atom. The Bertz CT molecular complexity index is 763. The Hall–Kier alpha value is -0.870. The Kier molecular flexibility index (Phi) is 5.10. The zero-order valence-electron chi connectivity index (χ0n) is 10.6. The lowest BCUT2D eigenvalue weighted by atomic mass is 10.2. The molecule has 3 N–H and O–H groups in total. The van der Waals surface area contributed by atoms with Crippen LogP contribution in [0.1, 0.15) is 10.4 Å². The van der Waals surface area contributed by atoms with Crippen LogP contribution in [-0.4, -0.2) is 8.42 Å². The molecule has 1 aromatic carbocycles. The molecule has 2 aromatic rings. The normalized spacial score (nSPS) is 11.8. The Balaban J connectivity index is 2.27.